The fourth-order valence-corrected chi connectivity index (χ4v) is 2.36. The van der Waals surface area contributed by atoms with Gasteiger partial charge in [-0.1, -0.05) is 12.8 Å². The lowest BCUT2D eigenvalue weighted by atomic mass is 10.1. The minimum atomic E-state index is 0.540. The molecule has 2 N–H and O–H groups in total. The van der Waals surface area contributed by atoms with Crippen molar-refractivity contribution in [2.24, 2.45) is 11.7 Å². The molecule has 1 aliphatic carbocycles. The molecule has 90 valence electrons. The highest BCUT2D eigenvalue weighted by Crippen LogP contribution is 2.25. The molecule has 0 aliphatic heterocycles. The number of nitrogens with two attached hydrogens (primary N) is 1. The molecule has 3 heteroatoms. The van der Waals surface area contributed by atoms with Gasteiger partial charge in [0.1, 0.15) is 18.1 Å². The highest BCUT2D eigenvalue weighted by atomic mass is 16.5. The Labute approximate surface area is 97.0 Å². The van der Waals surface area contributed by atoms with Crippen LogP contribution in [0.15, 0.2) is 10.5 Å². The van der Waals surface area contributed by atoms with E-state index in [1.165, 1.54) is 25.7 Å². The fraction of sp³-hybridized carbons (Fsp3) is 0.692. The van der Waals surface area contributed by atoms with Crippen LogP contribution >= 0.6 is 0 Å². The maximum atomic E-state index is 5.68. The lowest BCUT2D eigenvalue weighted by Crippen LogP contribution is -2.04. The Balaban J connectivity index is 1.75. The van der Waals surface area contributed by atoms with Crippen LogP contribution in [0.3, 0.4) is 0 Å². The molecule has 1 aliphatic rings. The third kappa shape index (κ3) is 2.86. The maximum absolute atomic E-state index is 5.68. The van der Waals surface area contributed by atoms with Crippen LogP contribution in [0.4, 0.5) is 0 Å². The zero-order valence-electron chi connectivity index (χ0n) is 10.00. The molecule has 1 fully saturated rings. The zero-order valence-corrected chi connectivity index (χ0v) is 10.00. The van der Waals surface area contributed by atoms with E-state index in [-0.39, 0.29) is 0 Å². The van der Waals surface area contributed by atoms with Gasteiger partial charge in [-0.3, -0.25) is 0 Å². The van der Waals surface area contributed by atoms with Gasteiger partial charge >= 0.3 is 0 Å². The minimum Gasteiger partial charge on any atom is -0.464 e. The average molecular weight is 223 g/mol. The van der Waals surface area contributed by atoms with Gasteiger partial charge in [-0.25, -0.2) is 0 Å². The normalized spacial score (nSPS) is 17.1. The summed E-state index contributed by atoms with van der Waals surface area (Å²) >= 11 is 0. The summed E-state index contributed by atoms with van der Waals surface area (Å²) < 4.78 is 11.2. The summed E-state index contributed by atoms with van der Waals surface area (Å²) in [6.45, 7) is 3.94. The van der Waals surface area contributed by atoms with E-state index in [0.717, 1.165) is 29.6 Å². The predicted octanol–water partition coefficient (Wildman–Crippen LogP) is 2.75. The van der Waals surface area contributed by atoms with Gasteiger partial charge in [0, 0.05) is 18.7 Å². The Morgan fingerprint density at radius 3 is 2.81 bits per heavy atom. The number of hydrogen-bond donors (Lipinski definition) is 1. The first kappa shape index (κ1) is 11.7. The quantitative estimate of drug-likeness (QED) is 0.835. The SMILES string of the molecule is Cc1oc(COCC2CCCC2)cc1CN. The van der Waals surface area contributed by atoms with Crippen molar-refractivity contribution in [1.29, 1.82) is 0 Å². The largest absolute Gasteiger partial charge is 0.464 e. The summed E-state index contributed by atoms with van der Waals surface area (Å²) in [4.78, 5) is 0. The van der Waals surface area contributed by atoms with Crippen molar-refractivity contribution in [3.63, 3.8) is 0 Å². The molecule has 0 radical (unpaired) electrons. The third-order valence-electron chi connectivity index (χ3n) is 3.36. The molecule has 0 bridgehead atoms. The summed E-state index contributed by atoms with van der Waals surface area (Å²) in [6, 6.07) is 2.00. The summed E-state index contributed by atoms with van der Waals surface area (Å²) in [5.41, 5.74) is 6.67. The second kappa shape index (κ2) is 5.51. The van der Waals surface area contributed by atoms with Crippen molar-refractivity contribution >= 4 is 0 Å². The second-order valence-corrected chi connectivity index (χ2v) is 4.66. The highest BCUT2D eigenvalue weighted by Gasteiger charge is 2.15. The molecule has 0 atom stereocenters. The molecule has 0 amide bonds. The molecule has 1 saturated carbocycles. The molecule has 3 nitrogen and oxygen atoms in total. The molecule has 0 spiro atoms. The monoisotopic (exact) mass is 223 g/mol. The Bertz CT molecular complexity index is 327. The van der Waals surface area contributed by atoms with Gasteiger partial charge in [-0.2, -0.15) is 0 Å². The first-order valence-corrected chi connectivity index (χ1v) is 6.15. The Kier molecular flexibility index (Phi) is 4.02. The lowest BCUT2D eigenvalue weighted by Gasteiger charge is -2.08. The standard InChI is InChI=1S/C13H21NO2/c1-10-12(7-14)6-13(16-10)9-15-8-11-4-2-3-5-11/h6,11H,2-5,7-9,14H2,1H3. The van der Waals surface area contributed by atoms with Crippen LogP contribution in [0.5, 0.6) is 0 Å². The van der Waals surface area contributed by atoms with Gasteiger partial charge in [0.2, 0.25) is 0 Å². The first-order chi connectivity index (χ1) is 7.79. The molecular formula is C13H21NO2. The van der Waals surface area contributed by atoms with E-state index >= 15 is 0 Å². The zero-order chi connectivity index (χ0) is 11.4. The van der Waals surface area contributed by atoms with Crippen LogP contribution < -0.4 is 5.73 Å². The van der Waals surface area contributed by atoms with Gasteiger partial charge < -0.3 is 14.9 Å². The smallest absolute Gasteiger partial charge is 0.130 e. The van der Waals surface area contributed by atoms with Gasteiger partial charge in [0.25, 0.3) is 0 Å². The van der Waals surface area contributed by atoms with Crippen LogP contribution in [0.2, 0.25) is 0 Å². The second-order valence-electron chi connectivity index (χ2n) is 4.66. The summed E-state index contributed by atoms with van der Waals surface area (Å²) in [6.07, 6.45) is 5.38. The average Bonchev–Trinajstić information content (AvgIpc) is 2.88. The molecule has 0 unspecified atom stereocenters. The topological polar surface area (TPSA) is 48.4 Å². The van der Waals surface area contributed by atoms with E-state index in [1.54, 1.807) is 0 Å². The van der Waals surface area contributed by atoms with Crippen LogP contribution in [0.1, 0.15) is 42.8 Å². The lowest BCUT2D eigenvalue weighted by molar-refractivity contribution is 0.0767. The van der Waals surface area contributed by atoms with Crippen molar-refractivity contribution in [3.8, 4) is 0 Å². The molecule has 1 heterocycles. The summed E-state index contributed by atoms with van der Waals surface area (Å²) in [5, 5.41) is 0. The van der Waals surface area contributed by atoms with E-state index in [9.17, 15) is 0 Å². The third-order valence-corrected chi connectivity index (χ3v) is 3.36. The van der Waals surface area contributed by atoms with Crippen molar-refractivity contribution in [2.45, 2.75) is 45.8 Å². The number of rotatable bonds is 5. The van der Waals surface area contributed by atoms with Gasteiger partial charge in [-0.15, -0.1) is 0 Å². The molecule has 1 aromatic rings. The van der Waals surface area contributed by atoms with Crippen LogP contribution in [-0.4, -0.2) is 6.61 Å². The summed E-state index contributed by atoms with van der Waals surface area (Å²) in [7, 11) is 0. The van der Waals surface area contributed by atoms with Crippen LogP contribution in [0.25, 0.3) is 0 Å². The fourth-order valence-electron chi connectivity index (χ4n) is 2.36. The van der Waals surface area contributed by atoms with Crippen LogP contribution in [0, 0.1) is 12.8 Å². The number of furan rings is 1. The number of hydrogen-bond acceptors (Lipinski definition) is 3. The van der Waals surface area contributed by atoms with Crippen molar-refractivity contribution in [1.82, 2.24) is 0 Å². The number of ether oxygens (including phenoxy) is 1. The van der Waals surface area contributed by atoms with E-state index in [2.05, 4.69) is 0 Å². The molecule has 0 saturated heterocycles. The summed E-state index contributed by atoms with van der Waals surface area (Å²) in [5.74, 6) is 2.59. The first-order valence-electron chi connectivity index (χ1n) is 6.15. The highest BCUT2D eigenvalue weighted by molar-refractivity contribution is 5.19. The predicted molar refractivity (Wildman–Crippen MR) is 63.0 cm³/mol. The number of aryl methyl sites for hydroxylation is 1. The molecular weight excluding hydrogens is 202 g/mol. The van der Waals surface area contributed by atoms with Crippen molar-refractivity contribution in [3.05, 3.63) is 23.2 Å². The Morgan fingerprint density at radius 1 is 1.44 bits per heavy atom. The Morgan fingerprint density at radius 2 is 2.19 bits per heavy atom. The van der Waals surface area contributed by atoms with E-state index in [4.69, 9.17) is 14.9 Å². The van der Waals surface area contributed by atoms with E-state index in [1.807, 2.05) is 13.0 Å². The Hall–Kier alpha value is -0.800. The van der Waals surface area contributed by atoms with Crippen LogP contribution in [-0.2, 0) is 17.9 Å². The van der Waals surface area contributed by atoms with Gasteiger partial charge in [0.15, 0.2) is 0 Å². The van der Waals surface area contributed by atoms with Gasteiger partial charge in [0.05, 0.1) is 0 Å². The van der Waals surface area contributed by atoms with Gasteiger partial charge in [-0.05, 0) is 31.7 Å². The molecule has 0 aromatic carbocycles. The maximum Gasteiger partial charge on any atom is 0.130 e. The van der Waals surface area contributed by atoms with Crippen molar-refractivity contribution < 1.29 is 9.15 Å². The van der Waals surface area contributed by atoms with E-state index < -0.39 is 0 Å². The van der Waals surface area contributed by atoms with E-state index in [0.29, 0.717) is 13.2 Å². The molecule has 2 rings (SSSR count). The van der Waals surface area contributed by atoms with Crippen molar-refractivity contribution in [2.75, 3.05) is 6.61 Å². The molecule has 16 heavy (non-hydrogen) atoms. The molecule has 1 aromatic heterocycles. The minimum absolute atomic E-state index is 0.540.